The van der Waals surface area contributed by atoms with Crippen molar-refractivity contribution in [3.05, 3.63) is 34.9 Å². The van der Waals surface area contributed by atoms with Crippen LogP contribution in [0.4, 0.5) is 0 Å². The molecule has 1 aromatic carbocycles. The SMILES string of the molecule is CC(CC(=O)O)C(N)c1ccc2c(c1)CCC2. The maximum absolute atomic E-state index is 10.7. The third-order valence-electron chi connectivity index (χ3n) is 3.62. The molecule has 0 fully saturated rings. The molecule has 0 bridgehead atoms. The second-order valence-electron chi connectivity index (χ2n) is 4.98. The molecular weight excluding hydrogens is 214 g/mol. The van der Waals surface area contributed by atoms with Gasteiger partial charge in [0.25, 0.3) is 0 Å². The maximum atomic E-state index is 10.7. The number of hydrogen-bond donors (Lipinski definition) is 2. The molecule has 2 rings (SSSR count). The van der Waals surface area contributed by atoms with E-state index < -0.39 is 5.97 Å². The van der Waals surface area contributed by atoms with Gasteiger partial charge in [-0.2, -0.15) is 0 Å². The quantitative estimate of drug-likeness (QED) is 0.838. The lowest BCUT2D eigenvalue weighted by atomic mass is 9.91. The van der Waals surface area contributed by atoms with Crippen LogP contribution in [0.15, 0.2) is 18.2 Å². The van der Waals surface area contributed by atoms with Gasteiger partial charge >= 0.3 is 5.97 Å². The van der Waals surface area contributed by atoms with Crippen LogP contribution >= 0.6 is 0 Å². The zero-order chi connectivity index (χ0) is 12.4. The van der Waals surface area contributed by atoms with E-state index in [0.717, 1.165) is 18.4 Å². The molecule has 2 unspecified atom stereocenters. The molecule has 3 heteroatoms. The summed E-state index contributed by atoms with van der Waals surface area (Å²) in [5.74, 6) is -0.818. The van der Waals surface area contributed by atoms with Crippen molar-refractivity contribution in [2.45, 2.75) is 38.6 Å². The van der Waals surface area contributed by atoms with E-state index in [2.05, 4.69) is 12.1 Å². The minimum absolute atomic E-state index is 0.0352. The standard InChI is InChI=1S/C14H19NO2/c1-9(7-13(16)17)14(15)12-6-5-10-3-2-4-11(10)8-12/h5-6,8-9,14H,2-4,7,15H2,1H3,(H,16,17). The highest BCUT2D eigenvalue weighted by Gasteiger charge is 2.19. The summed E-state index contributed by atoms with van der Waals surface area (Å²) in [4.78, 5) is 10.7. The molecule has 0 aliphatic heterocycles. The Labute approximate surface area is 102 Å². The fourth-order valence-corrected chi connectivity index (χ4v) is 2.53. The van der Waals surface area contributed by atoms with Crippen LogP contribution in [-0.2, 0) is 17.6 Å². The summed E-state index contributed by atoms with van der Waals surface area (Å²) in [7, 11) is 0. The Morgan fingerprint density at radius 2 is 2.12 bits per heavy atom. The number of carbonyl (C=O) groups is 1. The van der Waals surface area contributed by atoms with Gasteiger partial charge in [-0.15, -0.1) is 0 Å². The first-order valence-corrected chi connectivity index (χ1v) is 6.17. The summed E-state index contributed by atoms with van der Waals surface area (Å²) in [6, 6.07) is 6.17. The van der Waals surface area contributed by atoms with Gasteiger partial charge in [0.2, 0.25) is 0 Å². The molecular formula is C14H19NO2. The molecule has 0 radical (unpaired) electrons. The Kier molecular flexibility index (Phi) is 3.48. The number of carboxylic acids is 1. The molecule has 2 atom stereocenters. The zero-order valence-corrected chi connectivity index (χ0v) is 10.1. The van der Waals surface area contributed by atoms with Crippen LogP contribution < -0.4 is 5.73 Å². The van der Waals surface area contributed by atoms with Gasteiger partial charge < -0.3 is 10.8 Å². The molecule has 1 aromatic rings. The highest BCUT2D eigenvalue weighted by Crippen LogP contribution is 2.28. The highest BCUT2D eigenvalue weighted by atomic mass is 16.4. The van der Waals surface area contributed by atoms with Crippen molar-refractivity contribution < 1.29 is 9.90 Å². The minimum Gasteiger partial charge on any atom is -0.481 e. The predicted octanol–water partition coefficient (Wildman–Crippen LogP) is 2.29. The monoisotopic (exact) mass is 233 g/mol. The number of benzene rings is 1. The minimum atomic E-state index is -0.783. The molecule has 0 saturated carbocycles. The normalized spacial score (nSPS) is 17.5. The number of carboxylic acid groups (broad SMARTS) is 1. The summed E-state index contributed by atoms with van der Waals surface area (Å²) >= 11 is 0. The van der Waals surface area contributed by atoms with Crippen molar-refractivity contribution in [1.29, 1.82) is 0 Å². The predicted molar refractivity (Wildman–Crippen MR) is 66.8 cm³/mol. The maximum Gasteiger partial charge on any atom is 0.303 e. The van der Waals surface area contributed by atoms with Gasteiger partial charge in [0.1, 0.15) is 0 Å². The number of fused-ring (bicyclic) bond motifs is 1. The molecule has 0 heterocycles. The van der Waals surface area contributed by atoms with Crippen LogP contribution in [0.2, 0.25) is 0 Å². The molecule has 3 nitrogen and oxygen atoms in total. The van der Waals surface area contributed by atoms with Crippen molar-refractivity contribution >= 4 is 5.97 Å². The molecule has 0 saturated heterocycles. The number of rotatable bonds is 4. The number of aryl methyl sites for hydroxylation is 2. The van der Waals surface area contributed by atoms with Gasteiger partial charge in [-0.1, -0.05) is 25.1 Å². The number of hydrogen-bond acceptors (Lipinski definition) is 2. The van der Waals surface area contributed by atoms with E-state index in [-0.39, 0.29) is 18.4 Å². The van der Waals surface area contributed by atoms with Gasteiger partial charge in [0.15, 0.2) is 0 Å². The van der Waals surface area contributed by atoms with Crippen LogP contribution in [0.25, 0.3) is 0 Å². The van der Waals surface area contributed by atoms with Gasteiger partial charge in [0, 0.05) is 12.5 Å². The molecule has 0 amide bonds. The number of nitrogens with two attached hydrogens (primary N) is 1. The van der Waals surface area contributed by atoms with E-state index in [9.17, 15) is 4.79 Å². The smallest absolute Gasteiger partial charge is 0.303 e. The Balaban J connectivity index is 2.14. The lowest BCUT2D eigenvalue weighted by Crippen LogP contribution is -2.21. The average Bonchev–Trinajstić information content (AvgIpc) is 2.73. The van der Waals surface area contributed by atoms with Gasteiger partial charge in [-0.3, -0.25) is 4.79 Å². The van der Waals surface area contributed by atoms with E-state index >= 15 is 0 Å². The van der Waals surface area contributed by atoms with E-state index in [0.29, 0.717) is 0 Å². The fraction of sp³-hybridized carbons (Fsp3) is 0.500. The lowest BCUT2D eigenvalue weighted by Gasteiger charge is -2.19. The van der Waals surface area contributed by atoms with Crippen LogP contribution in [0.1, 0.15) is 42.5 Å². The van der Waals surface area contributed by atoms with Gasteiger partial charge in [-0.05, 0) is 41.9 Å². The van der Waals surface area contributed by atoms with Gasteiger partial charge in [0.05, 0.1) is 0 Å². The van der Waals surface area contributed by atoms with Crippen molar-refractivity contribution in [2.24, 2.45) is 11.7 Å². The summed E-state index contributed by atoms with van der Waals surface area (Å²) < 4.78 is 0. The van der Waals surface area contributed by atoms with Crippen molar-refractivity contribution in [2.75, 3.05) is 0 Å². The highest BCUT2D eigenvalue weighted by molar-refractivity contribution is 5.67. The van der Waals surface area contributed by atoms with Crippen LogP contribution in [0.5, 0.6) is 0 Å². The van der Waals surface area contributed by atoms with E-state index in [1.165, 1.54) is 17.5 Å². The fourth-order valence-electron chi connectivity index (χ4n) is 2.53. The lowest BCUT2D eigenvalue weighted by molar-refractivity contribution is -0.138. The van der Waals surface area contributed by atoms with E-state index in [1.54, 1.807) is 0 Å². The largest absolute Gasteiger partial charge is 0.481 e. The Morgan fingerprint density at radius 3 is 2.82 bits per heavy atom. The first-order valence-electron chi connectivity index (χ1n) is 6.17. The summed E-state index contributed by atoms with van der Waals surface area (Å²) in [5.41, 5.74) is 10.00. The number of aliphatic carboxylic acids is 1. The third kappa shape index (κ3) is 2.67. The van der Waals surface area contributed by atoms with Crippen molar-refractivity contribution in [1.82, 2.24) is 0 Å². The average molecular weight is 233 g/mol. The van der Waals surface area contributed by atoms with Crippen molar-refractivity contribution in [3.63, 3.8) is 0 Å². The molecule has 92 valence electrons. The topological polar surface area (TPSA) is 63.3 Å². The van der Waals surface area contributed by atoms with E-state index in [4.69, 9.17) is 10.8 Å². The molecule has 1 aliphatic rings. The second-order valence-corrected chi connectivity index (χ2v) is 4.98. The molecule has 17 heavy (non-hydrogen) atoms. The second kappa shape index (κ2) is 4.88. The molecule has 3 N–H and O–H groups in total. The zero-order valence-electron chi connectivity index (χ0n) is 10.1. The molecule has 0 aromatic heterocycles. The summed E-state index contributed by atoms with van der Waals surface area (Å²) in [6.07, 6.45) is 3.63. The summed E-state index contributed by atoms with van der Waals surface area (Å²) in [5, 5.41) is 8.78. The van der Waals surface area contributed by atoms with Crippen LogP contribution in [0, 0.1) is 5.92 Å². The summed E-state index contributed by atoms with van der Waals surface area (Å²) in [6.45, 7) is 1.89. The van der Waals surface area contributed by atoms with E-state index in [1.807, 2.05) is 13.0 Å². The van der Waals surface area contributed by atoms with Crippen LogP contribution in [0.3, 0.4) is 0 Å². The first kappa shape index (κ1) is 12.1. The molecule has 0 spiro atoms. The van der Waals surface area contributed by atoms with Gasteiger partial charge in [-0.25, -0.2) is 0 Å². The first-order chi connectivity index (χ1) is 8.08. The van der Waals surface area contributed by atoms with Crippen molar-refractivity contribution in [3.8, 4) is 0 Å². The Bertz CT molecular complexity index is 428. The Morgan fingerprint density at radius 1 is 1.41 bits per heavy atom. The Hall–Kier alpha value is -1.35. The van der Waals surface area contributed by atoms with Crippen LogP contribution in [-0.4, -0.2) is 11.1 Å². The molecule has 1 aliphatic carbocycles. The third-order valence-corrected chi connectivity index (χ3v) is 3.62.